The summed E-state index contributed by atoms with van der Waals surface area (Å²) in [6.07, 6.45) is 0. The zero-order valence-electron chi connectivity index (χ0n) is 16.4. The molecule has 2 rings (SSSR count). The van der Waals surface area contributed by atoms with E-state index in [1.54, 1.807) is 26.2 Å². The second-order valence-electron chi connectivity index (χ2n) is 7.06. The van der Waals surface area contributed by atoms with Gasteiger partial charge < -0.3 is 24.4 Å². The van der Waals surface area contributed by atoms with Crippen molar-refractivity contribution in [2.75, 3.05) is 11.5 Å². The quantitative estimate of drug-likeness (QED) is 0.271. The van der Waals surface area contributed by atoms with Gasteiger partial charge >= 0.3 is 17.1 Å². The standard InChI is InChI=1S/C16H22N4O7Si2/c1-28(2,25-15-9-11(19(21)22)5-7-13(15)17)27-29(3,4)26-16-10-12(20(23)24)6-8-14(16)18/h5-10H,17-18H2,1-4H3. The molecule has 156 valence electrons. The third kappa shape index (κ3) is 5.90. The van der Waals surface area contributed by atoms with Crippen molar-refractivity contribution in [3.05, 3.63) is 56.6 Å². The number of rotatable bonds is 8. The van der Waals surface area contributed by atoms with Gasteiger partial charge in [-0.1, -0.05) is 0 Å². The minimum atomic E-state index is -2.92. The van der Waals surface area contributed by atoms with Crippen LogP contribution in [0.2, 0.25) is 26.2 Å². The van der Waals surface area contributed by atoms with Crippen LogP contribution in [0.15, 0.2) is 36.4 Å². The van der Waals surface area contributed by atoms with Crippen molar-refractivity contribution in [3.63, 3.8) is 0 Å². The van der Waals surface area contributed by atoms with Crippen molar-refractivity contribution in [1.29, 1.82) is 0 Å². The molecule has 0 aromatic heterocycles. The smallest absolute Gasteiger partial charge is 0.384 e. The van der Waals surface area contributed by atoms with Gasteiger partial charge in [0.1, 0.15) is 11.5 Å². The van der Waals surface area contributed by atoms with E-state index in [4.69, 9.17) is 24.4 Å². The normalized spacial score (nSPS) is 11.7. The summed E-state index contributed by atoms with van der Waals surface area (Å²) in [4.78, 5) is 20.9. The van der Waals surface area contributed by atoms with Gasteiger partial charge in [-0.25, -0.2) is 0 Å². The number of hydrogen-bond acceptors (Lipinski definition) is 9. The molecule has 2 aromatic rings. The molecule has 0 aliphatic heterocycles. The average molecular weight is 439 g/mol. The lowest BCUT2D eigenvalue weighted by molar-refractivity contribution is -0.385. The van der Waals surface area contributed by atoms with Crippen molar-refractivity contribution in [3.8, 4) is 11.5 Å². The Bertz CT molecular complexity index is 877. The zero-order valence-corrected chi connectivity index (χ0v) is 18.4. The number of non-ortho nitro benzene ring substituents is 2. The lowest BCUT2D eigenvalue weighted by atomic mass is 10.3. The molecule has 0 heterocycles. The summed E-state index contributed by atoms with van der Waals surface area (Å²) in [7, 11) is -5.83. The molecule has 4 N–H and O–H groups in total. The van der Waals surface area contributed by atoms with Gasteiger partial charge in [0.2, 0.25) is 0 Å². The van der Waals surface area contributed by atoms with Crippen LogP contribution in [0.3, 0.4) is 0 Å². The van der Waals surface area contributed by atoms with E-state index in [2.05, 4.69) is 0 Å². The maximum Gasteiger partial charge on any atom is 0.384 e. The van der Waals surface area contributed by atoms with Gasteiger partial charge in [-0.2, -0.15) is 0 Å². The first-order chi connectivity index (χ1) is 13.3. The van der Waals surface area contributed by atoms with Crippen LogP contribution in [-0.2, 0) is 4.12 Å². The molecule has 0 saturated heterocycles. The Hall–Kier alpha value is -3.17. The molecular formula is C16H22N4O7Si2. The highest BCUT2D eigenvalue weighted by atomic mass is 28.5. The number of nitro benzene ring substituents is 2. The molecule has 0 fully saturated rings. The van der Waals surface area contributed by atoms with Gasteiger partial charge in [-0.15, -0.1) is 0 Å². The molecule has 2 aromatic carbocycles. The third-order valence-corrected chi connectivity index (χ3v) is 8.97. The number of nitro groups is 2. The maximum atomic E-state index is 11.0. The molecule has 13 heteroatoms. The van der Waals surface area contributed by atoms with Crippen LogP contribution in [0.1, 0.15) is 0 Å². The van der Waals surface area contributed by atoms with E-state index in [1.807, 2.05) is 0 Å². The highest BCUT2D eigenvalue weighted by Crippen LogP contribution is 2.32. The minimum absolute atomic E-state index is 0.149. The summed E-state index contributed by atoms with van der Waals surface area (Å²) in [5.41, 5.74) is 11.9. The predicted molar refractivity (Wildman–Crippen MR) is 112 cm³/mol. The largest absolute Gasteiger partial charge is 0.519 e. The average Bonchev–Trinajstić information content (AvgIpc) is 2.56. The van der Waals surface area contributed by atoms with Crippen LogP contribution < -0.4 is 20.3 Å². The van der Waals surface area contributed by atoms with Gasteiger partial charge in [-0.3, -0.25) is 20.2 Å². The van der Waals surface area contributed by atoms with Gasteiger partial charge in [0.25, 0.3) is 11.4 Å². The van der Waals surface area contributed by atoms with Gasteiger partial charge in [0, 0.05) is 12.1 Å². The van der Waals surface area contributed by atoms with Crippen LogP contribution in [0.5, 0.6) is 11.5 Å². The Morgan fingerprint density at radius 3 is 1.41 bits per heavy atom. The molecule has 0 unspecified atom stereocenters. The molecule has 0 aliphatic rings. The predicted octanol–water partition coefficient (Wildman–Crippen LogP) is 3.55. The molecular weight excluding hydrogens is 416 g/mol. The summed E-state index contributed by atoms with van der Waals surface area (Å²) in [6.45, 7) is 6.95. The molecule has 0 atom stereocenters. The molecule has 29 heavy (non-hydrogen) atoms. The van der Waals surface area contributed by atoms with Gasteiger partial charge in [-0.05, 0) is 38.3 Å². The van der Waals surface area contributed by atoms with Crippen LogP contribution in [0, 0.1) is 20.2 Å². The maximum absolute atomic E-state index is 11.0. The first-order valence-electron chi connectivity index (χ1n) is 8.46. The highest BCUT2D eigenvalue weighted by molar-refractivity contribution is 6.79. The van der Waals surface area contributed by atoms with Gasteiger partial charge in [0.05, 0.1) is 33.4 Å². The number of benzene rings is 2. The Labute approximate surface area is 169 Å². The summed E-state index contributed by atoms with van der Waals surface area (Å²) in [6, 6.07) is 7.82. The van der Waals surface area contributed by atoms with E-state index < -0.39 is 27.0 Å². The number of nitrogens with zero attached hydrogens (tertiary/aromatic N) is 2. The zero-order chi connectivity index (χ0) is 22.0. The fourth-order valence-corrected chi connectivity index (χ4v) is 9.09. The molecule has 0 radical (unpaired) electrons. The SMILES string of the molecule is C[Si](C)(Oc1cc([N+](=O)[O-])ccc1N)O[Si](C)(C)Oc1cc([N+](=O)[O-])ccc1N. The topological polar surface area (TPSA) is 166 Å². The number of anilines is 2. The van der Waals surface area contributed by atoms with Crippen molar-refractivity contribution in [2.45, 2.75) is 26.2 Å². The van der Waals surface area contributed by atoms with E-state index in [9.17, 15) is 20.2 Å². The molecule has 11 nitrogen and oxygen atoms in total. The Balaban J connectivity index is 2.21. The van der Waals surface area contributed by atoms with Crippen molar-refractivity contribution >= 4 is 39.9 Å². The number of nitrogen functional groups attached to an aromatic ring is 2. The Kier molecular flexibility index (Phi) is 6.15. The number of nitrogens with two attached hydrogens (primary N) is 2. The molecule has 0 aliphatic carbocycles. The highest BCUT2D eigenvalue weighted by Gasteiger charge is 2.40. The Morgan fingerprint density at radius 1 is 0.759 bits per heavy atom. The fraction of sp³-hybridized carbons (Fsp3) is 0.250. The molecule has 0 amide bonds. The first kappa shape index (κ1) is 22.1. The summed E-state index contributed by atoms with van der Waals surface area (Å²) >= 11 is 0. The van der Waals surface area contributed by atoms with E-state index in [0.29, 0.717) is 0 Å². The van der Waals surface area contributed by atoms with Crippen LogP contribution in [-0.4, -0.2) is 27.0 Å². The molecule has 0 saturated carbocycles. The van der Waals surface area contributed by atoms with Crippen molar-refractivity contribution in [2.24, 2.45) is 0 Å². The number of hydrogen-bond donors (Lipinski definition) is 2. The summed E-state index contributed by atoms with van der Waals surface area (Å²) in [5, 5.41) is 22.0. The lowest BCUT2D eigenvalue weighted by Crippen LogP contribution is -2.52. The van der Waals surface area contributed by atoms with Crippen LogP contribution in [0.4, 0.5) is 22.7 Å². The van der Waals surface area contributed by atoms with E-state index in [1.165, 1.54) is 36.4 Å². The van der Waals surface area contributed by atoms with Crippen LogP contribution >= 0.6 is 0 Å². The van der Waals surface area contributed by atoms with Crippen molar-refractivity contribution < 1.29 is 22.8 Å². The summed E-state index contributed by atoms with van der Waals surface area (Å²) in [5.74, 6) is 0.297. The van der Waals surface area contributed by atoms with E-state index in [0.717, 1.165) is 0 Å². The second-order valence-corrected chi connectivity index (χ2v) is 13.9. The molecule has 0 bridgehead atoms. The van der Waals surface area contributed by atoms with Gasteiger partial charge in [0.15, 0.2) is 0 Å². The first-order valence-corrected chi connectivity index (χ1v) is 14.1. The molecule has 0 spiro atoms. The van der Waals surface area contributed by atoms with E-state index >= 15 is 0 Å². The third-order valence-electron chi connectivity index (χ3n) is 3.62. The monoisotopic (exact) mass is 438 g/mol. The van der Waals surface area contributed by atoms with Crippen molar-refractivity contribution in [1.82, 2.24) is 0 Å². The summed E-state index contributed by atoms with van der Waals surface area (Å²) < 4.78 is 17.9. The fourth-order valence-electron chi connectivity index (χ4n) is 2.61. The van der Waals surface area contributed by atoms with Crippen LogP contribution in [0.25, 0.3) is 0 Å². The second kappa shape index (κ2) is 8.06. The Morgan fingerprint density at radius 2 is 1.10 bits per heavy atom. The minimum Gasteiger partial charge on any atom is -0.519 e. The van der Waals surface area contributed by atoms with E-state index in [-0.39, 0.29) is 34.2 Å². The lowest BCUT2D eigenvalue weighted by Gasteiger charge is -2.33.